The fourth-order valence-electron chi connectivity index (χ4n) is 3.23. The number of aromatic amines is 1. The van der Waals surface area contributed by atoms with E-state index in [1.807, 2.05) is 49.6 Å². The first kappa shape index (κ1) is 19.1. The molecule has 142 valence electrons. The largest absolute Gasteiger partial charge is 0.361 e. The number of halogens is 1. The lowest BCUT2D eigenvalue weighted by Crippen LogP contribution is -2.37. The summed E-state index contributed by atoms with van der Waals surface area (Å²) in [5.41, 5.74) is 2.71. The van der Waals surface area contributed by atoms with Crippen LogP contribution in [-0.4, -0.2) is 53.9 Å². The molecule has 0 radical (unpaired) electrons. The van der Waals surface area contributed by atoms with Crippen LogP contribution in [0.2, 0.25) is 0 Å². The van der Waals surface area contributed by atoms with Gasteiger partial charge in [0.1, 0.15) is 5.82 Å². The molecule has 0 saturated carbocycles. The number of rotatable bonds is 8. The monoisotopic (exact) mass is 367 g/mol. The molecule has 3 rings (SSSR count). The van der Waals surface area contributed by atoms with Gasteiger partial charge in [-0.25, -0.2) is 4.39 Å². The third kappa shape index (κ3) is 4.74. The van der Waals surface area contributed by atoms with Gasteiger partial charge >= 0.3 is 0 Å². The zero-order valence-electron chi connectivity index (χ0n) is 15.9. The molecule has 4 nitrogen and oxygen atoms in total. The molecular weight excluding hydrogens is 341 g/mol. The van der Waals surface area contributed by atoms with Crippen molar-refractivity contribution >= 4 is 16.8 Å². The van der Waals surface area contributed by atoms with E-state index in [1.165, 1.54) is 12.1 Å². The number of H-pyrrole nitrogens is 1. The SMILES string of the molecule is CCN(CCc1ccc(F)cc1)CCN(C)C(=O)c1cccc2cc[nH]c12. The Morgan fingerprint density at radius 1 is 1.04 bits per heavy atom. The number of para-hydroxylation sites is 1. The van der Waals surface area contributed by atoms with Crippen molar-refractivity contribution < 1.29 is 9.18 Å². The molecule has 1 amide bonds. The quantitative estimate of drug-likeness (QED) is 0.655. The van der Waals surface area contributed by atoms with Crippen molar-refractivity contribution in [3.8, 4) is 0 Å². The summed E-state index contributed by atoms with van der Waals surface area (Å²) < 4.78 is 13.0. The summed E-state index contributed by atoms with van der Waals surface area (Å²) in [6, 6.07) is 14.4. The smallest absolute Gasteiger partial charge is 0.255 e. The Balaban J connectivity index is 1.55. The van der Waals surface area contributed by atoms with Gasteiger partial charge in [-0.2, -0.15) is 0 Å². The third-order valence-electron chi connectivity index (χ3n) is 4.99. The predicted octanol–water partition coefficient (Wildman–Crippen LogP) is 3.94. The molecule has 0 aliphatic rings. The van der Waals surface area contributed by atoms with Crippen LogP contribution in [0.4, 0.5) is 4.39 Å². The number of benzene rings is 2. The Bertz CT molecular complexity index is 888. The second-order valence-corrected chi connectivity index (χ2v) is 6.78. The molecule has 0 atom stereocenters. The maximum absolute atomic E-state index is 13.0. The summed E-state index contributed by atoms with van der Waals surface area (Å²) in [5.74, 6) is -0.180. The number of carbonyl (C=O) groups excluding carboxylic acids is 1. The number of aromatic nitrogens is 1. The lowest BCUT2D eigenvalue weighted by atomic mass is 10.1. The van der Waals surface area contributed by atoms with Crippen LogP contribution in [0.3, 0.4) is 0 Å². The number of amides is 1. The molecule has 3 aromatic rings. The highest BCUT2D eigenvalue weighted by Crippen LogP contribution is 2.18. The first-order valence-corrected chi connectivity index (χ1v) is 9.37. The van der Waals surface area contributed by atoms with Gasteiger partial charge < -0.3 is 14.8 Å². The van der Waals surface area contributed by atoms with Crippen LogP contribution in [0.5, 0.6) is 0 Å². The van der Waals surface area contributed by atoms with Crippen LogP contribution in [0.25, 0.3) is 10.9 Å². The van der Waals surface area contributed by atoms with Crippen LogP contribution in [-0.2, 0) is 6.42 Å². The molecule has 1 aromatic heterocycles. The first-order chi connectivity index (χ1) is 13.1. The minimum Gasteiger partial charge on any atom is -0.361 e. The summed E-state index contributed by atoms with van der Waals surface area (Å²) in [5, 5.41) is 1.05. The van der Waals surface area contributed by atoms with Gasteiger partial charge in [-0.15, -0.1) is 0 Å². The Kier molecular flexibility index (Phi) is 6.24. The van der Waals surface area contributed by atoms with Gasteiger partial charge in [0, 0.05) is 38.3 Å². The van der Waals surface area contributed by atoms with Crippen molar-refractivity contribution in [2.24, 2.45) is 0 Å². The van der Waals surface area contributed by atoms with E-state index in [2.05, 4.69) is 16.8 Å². The summed E-state index contributed by atoms with van der Waals surface area (Å²) in [6.45, 7) is 5.38. The second kappa shape index (κ2) is 8.82. The van der Waals surface area contributed by atoms with E-state index in [0.29, 0.717) is 12.1 Å². The number of hydrogen-bond donors (Lipinski definition) is 1. The van der Waals surface area contributed by atoms with E-state index in [1.54, 1.807) is 4.90 Å². The molecule has 1 N–H and O–H groups in total. The number of carbonyl (C=O) groups is 1. The van der Waals surface area contributed by atoms with Crippen LogP contribution in [0.15, 0.2) is 54.7 Å². The highest BCUT2D eigenvalue weighted by Gasteiger charge is 2.16. The Labute approximate surface area is 159 Å². The van der Waals surface area contributed by atoms with E-state index in [-0.39, 0.29) is 11.7 Å². The van der Waals surface area contributed by atoms with Crippen molar-refractivity contribution in [2.75, 3.05) is 33.2 Å². The second-order valence-electron chi connectivity index (χ2n) is 6.78. The highest BCUT2D eigenvalue weighted by molar-refractivity contribution is 6.05. The summed E-state index contributed by atoms with van der Waals surface area (Å²) in [6.07, 6.45) is 2.73. The lowest BCUT2D eigenvalue weighted by molar-refractivity contribution is 0.0780. The molecule has 0 unspecified atom stereocenters. The summed E-state index contributed by atoms with van der Waals surface area (Å²) >= 11 is 0. The Morgan fingerprint density at radius 3 is 2.56 bits per heavy atom. The van der Waals surface area contributed by atoms with E-state index in [9.17, 15) is 9.18 Å². The van der Waals surface area contributed by atoms with Crippen LogP contribution >= 0.6 is 0 Å². The number of nitrogens with zero attached hydrogens (tertiary/aromatic N) is 2. The average Bonchev–Trinajstić information content (AvgIpc) is 3.17. The molecule has 1 heterocycles. The molecule has 0 spiro atoms. The first-order valence-electron chi connectivity index (χ1n) is 9.37. The predicted molar refractivity (Wildman–Crippen MR) is 107 cm³/mol. The fourth-order valence-corrected chi connectivity index (χ4v) is 3.23. The molecule has 0 fully saturated rings. The van der Waals surface area contributed by atoms with Crippen LogP contribution in [0, 0.1) is 5.82 Å². The van der Waals surface area contributed by atoms with Gasteiger partial charge in [0.25, 0.3) is 5.91 Å². The van der Waals surface area contributed by atoms with Gasteiger partial charge in [0.15, 0.2) is 0 Å². The maximum Gasteiger partial charge on any atom is 0.255 e. The molecule has 2 aromatic carbocycles. The number of nitrogens with one attached hydrogen (secondary N) is 1. The zero-order valence-corrected chi connectivity index (χ0v) is 15.9. The van der Waals surface area contributed by atoms with Crippen molar-refractivity contribution in [3.63, 3.8) is 0 Å². The molecule has 0 saturated heterocycles. The number of hydrogen-bond acceptors (Lipinski definition) is 2. The van der Waals surface area contributed by atoms with Gasteiger partial charge in [0.2, 0.25) is 0 Å². The third-order valence-corrected chi connectivity index (χ3v) is 4.99. The fraction of sp³-hybridized carbons (Fsp3) is 0.318. The maximum atomic E-state index is 13.0. The molecule has 5 heteroatoms. The van der Waals surface area contributed by atoms with Crippen molar-refractivity contribution in [1.29, 1.82) is 0 Å². The lowest BCUT2D eigenvalue weighted by Gasteiger charge is -2.24. The Hall–Kier alpha value is -2.66. The number of fused-ring (bicyclic) bond motifs is 1. The van der Waals surface area contributed by atoms with E-state index >= 15 is 0 Å². The average molecular weight is 367 g/mol. The van der Waals surface area contributed by atoms with Gasteiger partial charge in [-0.3, -0.25) is 4.79 Å². The molecule has 0 aliphatic heterocycles. The van der Waals surface area contributed by atoms with E-state index < -0.39 is 0 Å². The minimum atomic E-state index is -0.205. The zero-order chi connectivity index (χ0) is 19.2. The van der Waals surface area contributed by atoms with Crippen LogP contribution < -0.4 is 0 Å². The topological polar surface area (TPSA) is 39.3 Å². The summed E-state index contributed by atoms with van der Waals surface area (Å²) in [4.78, 5) is 20.1. The van der Waals surface area contributed by atoms with Crippen molar-refractivity contribution in [2.45, 2.75) is 13.3 Å². The van der Waals surface area contributed by atoms with E-state index in [0.717, 1.165) is 42.5 Å². The van der Waals surface area contributed by atoms with E-state index in [4.69, 9.17) is 0 Å². The molecule has 0 aliphatic carbocycles. The van der Waals surface area contributed by atoms with Crippen molar-refractivity contribution in [1.82, 2.24) is 14.8 Å². The highest BCUT2D eigenvalue weighted by atomic mass is 19.1. The molecule has 27 heavy (non-hydrogen) atoms. The minimum absolute atomic E-state index is 0.0256. The standard InChI is InChI=1S/C22H26FN3O/c1-3-26(14-12-17-7-9-19(23)10-8-17)16-15-25(2)22(27)20-6-4-5-18-11-13-24-21(18)20/h4-11,13,24H,3,12,14-16H2,1-2H3. The number of likely N-dealkylation sites (N-methyl/N-ethyl adjacent to an activating group) is 2. The molecule has 0 bridgehead atoms. The van der Waals surface area contributed by atoms with Gasteiger partial charge in [0.05, 0.1) is 11.1 Å². The van der Waals surface area contributed by atoms with Crippen molar-refractivity contribution in [3.05, 3.63) is 71.7 Å². The Morgan fingerprint density at radius 2 is 1.81 bits per heavy atom. The van der Waals surface area contributed by atoms with Crippen LogP contribution in [0.1, 0.15) is 22.8 Å². The normalized spacial score (nSPS) is 11.3. The summed E-state index contributed by atoms with van der Waals surface area (Å²) in [7, 11) is 1.85. The van der Waals surface area contributed by atoms with Gasteiger partial charge in [-0.1, -0.05) is 31.2 Å². The molecular formula is C22H26FN3O. The van der Waals surface area contributed by atoms with Gasteiger partial charge in [-0.05, 0) is 42.8 Å².